The third kappa shape index (κ3) is 7.77. The number of ether oxygens (including phenoxy) is 1. The molecule has 0 saturated carbocycles. The minimum atomic E-state index is -3.96. The van der Waals surface area contributed by atoms with E-state index in [1.165, 1.54) is 29.8 Å². The Morgan fingerprint density at radius 1 is 0.976 bits per heavy atom. The molecule has 0 fully saturated rings. The van der Waals surface area contributed by atoms with E-state index < -0.39 is 21.8 Å². The van der Waals surface area contributed by atoms with E-state index in [0.29, 0.717) is 32.8 Å². The van der Waals surface area contributed by atoms with E-state index in [1.54, 1.807) is 66.7 Å². The number of halogens is 2. The third-order valence-electron chi connectivity index (χ3n) is 5.95. The number of amides is 2. The van der Waals surface area contributed by atoms with Gasteiger partial charge in [0, 0.05) is 16.6 Å². The summed E-state index contributed by atoms with van der Waals surface area (Å²) in [5.41, 5.74) is 3.91. The van der Waals surface area contributed by atoms with Gasteiger partial charge in [0.05, 0.1) is 30.5 Å². The van der Waals surface area contributed by atoms with E-state index in [9.17, 15) is 18.0 Å². The van der Waals surface area contributed by atoms with Gasteiger partial charge >= 0.3 is 11.8 Å². The summed E-state index contributed by atoms with van der Waals surface area (Å²) in [6.07, 6.45) is 1.19. The zero-order valence-electron chi connectivity index (χ0n) is 22.5. The average molecular weight is 630 g/mol. The standard InChI is InChI=1S/C29H26Cl2N4O6S/c1-19-7-13-24(14-8-19)42(38,39)35(17-20-9-10-21(30)15-25(20)31)18-23-12-11-22(41-23)16-32-34-29(37)28(36)33-26-5-3-4-6-27(26)40-2/h3-16H,17-18H2,1-2H3,(H,33,36)(H,34,37)/b32-16+. The lowest BCUT2D eigenvalue weighted by atomic mass is 10.2. The van der Waals surface area contributed by atoms with E-state index in [4.69, 9.17) is 32.4 Å². The van der Waals surface area contributed by atoms with Gasteiger partial charge in [0.25, 0.3) is 0 Å². The molecular formula is C29H26Cl2N4O6S. The summed E-state index contributed by atoms with van der Waals surface area (Å²) in [4.78, 5) is 24.5. The second kappa shape index (κ2) is 13.7. The van der Waals surface area contributed by atoms with Gasteiger partial charge in [-0.3, -0.25) is 9.59 Å². The van der Waals surface area contributed by atoms with E-state index in [0.717, 1.165) is 5.56 Å². The summed E-state index contributed by atoms with van der Waals surface area (Å²) in [7, 11) is -2.52. The number of hydrogen-bond acceptors (Lipinski definition) is 7. The number of methoxy groups -OCH3 is 1. The maximum absolute atomic E-state index is 13.6. The van der Waals surface area contributed by atoms with Gasteiger partial charge in [-0.15, -0.1) is 0 Å². The number of nitrogens with one attached hydrogen (secondary N) is 2. The number of nitrogens with zero attached hydrogens (tertiary/aromatic N) is 2. The number of carbonyl (C=O) groups is 2. The molecule has 0 saturated heterocycles. The Bertz CT molecular complexity index is 1720. The molecule has 218 valence electrons. The van der Waals surface area contributed by atoms with Crippen LogP contribution in [0, 0.1) is 6.92 Å². The van der Waals surface area contributed by atoms with Gasteiger partial charge in [0.2, 0.25) is 10.0 Å². The Morgan fingerprint density at radius 2 is 1.71 bits per heavy atom. The van der Waals surface area contributed by atoms with Crippen molar-refractivity contribution >= 4 is 56.9 Å². The highest BCUT2D eigenvalue weighted by molar-refractivity contribution is 7.89. The fraction of sp³-hybridized carbons (Fsp3) is 0.138. The van der Waals surface area contributed by atoms with Gasteiger partial charge in [0.1, 0.15) is 17.3 Å². The van der Waals surface area contributed by atoms with Crippen LogP contribution in [-0.4, -0.2) is 37.9 Å². The van der Waals surface area contributed by atoms with E-state index >= 15 is 0 Å². The van der Waals surface area contributed by atoms with Crippen LogP contribution in [0.3, 0.4) is 0 Å². The number of carbonyl (C=O) groups excluding carboxylic acids is 2. The molecule has 10 nitrogen and oxygen atoms in total. The van der Waals surface area contributed by atoms with Gasteiger partial charge in [0.15, 0.2) is 0 Å². The number of hydrazone groups is 1. The second-order valence-corrected chi connectivity index (χ2v) is 11.8. The molecule has 0 atom stereocenters. The lowest BCUT2D eigenvalue weighted by Gasteiger charge is -2.22. The minimum Gasteiger partial charge on any atom is -0.495 e. The van der Waals surface area contributed by atoms with Gasteiger partial charge in [-0.2, -0.15) is 9.41 Å². The minimum absolute atomic E-state index is 0.0479. The zero-order valence-corrected chi connectivity index (χ0v) is 24.8. The number of furan rings is 1. The van der Waals surface area contributed by atoms with Crippen molar-refractivity contribution in [2.75, 3.05) is 12.4 Å². The topological polar surface area (TPSA) is 130 Å². The number of anilines is 1. The van der Waals surface area contributed by atoms with Crippen LogP contribution in [0.1, 0.15) is 22.6 Å². The van der Waals surface area contributed by atoms with Crippen molar-refractivity contribution < 1.29 is 27.2 Å². The van der Waals surface area contributed by atoms with E-state index in [2.05, 4.69) is 15.8 Å². The molecule has 0 aliphatic heterocycles. The van der Waals surface area contributed by atoms with Gasteiger partial charge < -0.3 is 14.5 Å². The lowest BCUT2D eigenvalue weighted by molar-refractivity contribution is -0.136. The summed E-state index contributed by atoms with van der Waals surface area (Å²) in [6, 6.07) is 21.1. The number of sulfonamides is 1. The summed E-state index contributed by atoms with van der Waals surface area (Å²) in [5, 5.41) is 6.95. The van der Waals surface area contributed by atoms with Crippen LogP contribution in [0.2, 0.25) is 10.0 Å². The maximum atomic E-state index is 13.6. The van der Waals surface area contributed by atoms with Crippen LogP contribution < -0.4 is 15.5 Å². The summed E-state index contributed by atoms with van der Waals surface area (Å²) >= 11 is 12.4. The first-order valence-corrected chi connectivity index (χ1v) is 14.6. The van der Waals surface area contributed by atoms with Crippen molar-refractivity contribution in [2.24, 2.45) is 5.10 Å². The molecule has 2 N–H and O–H groups in total. The number of rotatable bonds is 10. The van der Waals surface area contributed by atoms with Crippen molar-refractivity contribution in [3.63, 3.8) is 0 Å². The average Bonchev–Trinajstić information content (AvgIpc) is 3.41. The van der Waals surface area contributed by atoms with Gasteiger partial charge in [-0.1, -0.05) is 59.1 Å². The van der Waals surface area contributed by atoms with Crippen LogP contribution in [-0.2, 0) is 32.7 Å². The summed E-state index contributed by atoms with van der Waals surface area (Å²) in [6.45, 7) is 1.69. The monoisotopic (exact) mass is 628 g/mol. The number of para-hydroxylation sites is 2. The molecule has 3 aromatic carbocycles. The Hall–Kier alpha value is -4.16. The predicted molar refractivity (Wildman–Crippen MR) is 160 cm³/mol. The fourth-order valence-electron chi connectivity index (χ4n) is 3.78. The summed E-state index contributed by atoms with van der Waals surface area (Å²) < 4.78 is 39.4. The van der Waals surface area contributed by atoms with Crippen LogP contribution >= 0.6 is 23.2 Å². The Kier molecular flexibility index (Phi) is 10.0. The zero-order chi connectivity index (χ0) is 30.3. The lowest BCUT2D eigenvalue weighted by Crippen LogP contribution is -2.32. The molecular weight excluding hydrogens is 603 g/mol. The highest BCUT2D eigenvalue weighted by Gasteiger charge is 2.27. The fourth-order valence-corrected chi connectivity index (χ4v) is 5.63. The molecule has 0 bridgehead atoms. The van der Waals surface area contributed by atoms with Crippen molar-refractivity contribution in [1.82, 2.24) is 9.73 Å². The van der Waals surface area contributed by atoms with Crippen LogP contribution in [0.15, 0.2) is 93.3 Å². The molecule has 2 amide bonds. The largest absolute Gasteiger partial charge is 0.495 e. The van der Waals surface area contributed by atoms with Crippen LogP contribution in [0.25, 0.3) is 0 Å². The van der Waals surface area contributed by atoms with E-state index in [1.807, 2.05) is 6.92 Å². The van der Waals surface area contributed by atoms with E-state index in [-0.39, 0.29) is 23.7 Å². The SMILES string of the molecule is COc1ccccc1NC(=O)C(=O)N/N=C/c1ccc(CN(Cc2ccc(Cl)cc2Cl)S(=O)(=O)c2ccc(C)cc2)o1. The van der Waals surface area contributed by atoms with Gasteiger partial charge in [-0.25, -0.2) is 13.8 Å². The first-order chi connectivity index (χ1) is 20.1. The number of aryl methyl sites for hydroxylation is 1. The molecule has 0 unspecified atom stereocenters. The number of hydrogen-bond donors (Lipinski definition) is 2. The molecule has 4 aromatic rings. The molecule has 0 aliphatic rings. The Balaban J connectivity index is 1.46. The van der Waals surface area contributed by atoms with Crippen molar-refractivity contribution in [1.29, 1.82) is 0 Å². The molecule has 0 spiro atoms. The normalized spacial score (nSPS) is 11.5. The molecule has 0 radical (unpaired) electrons. The Labute approximate surface area is 252 Å². The highest BCUT2D eigenvalue weighted by atomic mass is 35.5. The molecule has 1 heterocycles. The number of benzene rings is 3. The Morgan fingerprint density at radius 3 is 2.43 bits per heavy atom. The first kappa shape index (κ1) is 30.8. The van der Waals surface area contributed by atoms with Crippen LogP contribution in [0.5, 0.6) is 5.75 Å². The van der Waals surface area contributed by atoms with Crippen molar-refractivity contribution in [3.8, 4) is 5.75 Å². The molecule has 1 aromatic heterocycles. The van der Waals surface area contributed by atoms with Crippen molar-refractivity contribution in [3.05, 3.63) is 112 Å². The quantitative estimate of drug-likeness (QED) is 0.138. The third-order valence-corrected chi connectivity index (χ3v) is 8.35. The predicted octanol–water partition coefficient (Wildman–Crippen LogP) is 5.38. The van der Waals surface area contributed by atoms with Crippen LogP contribution in [0.4, 0.5) is 5.69 Å². The van der Waals surface area contributed by atoms with Crippen molar-refractivity contribution in [2.45, 2.75) is 24.9 Å². The second-order valence-electron chi connectivity index (χ2n) is 8.98. The molecule has 42 heavy (non-hydrogen) atoms. The molecule has 13 heteroatoms. The maximum Gasteiger partial charge on any atom is 0.329 e. The summed E-state index contributed by atoms with van der Waals surface area (Å²) in [5.74, 6) is -1.05. The first-order valence-electron chi connectivity index (χ1n) is 12.4. The highest BCUT2D eigenvalue weighted by Crippen LogP contribution is 2.27. The smallest absolute Gasteiger partial charge is 0.329 e. The molecule has 4 rings (SSSR count). The van der Waals surface area contributed by atoms with Gasteiger partial charge in [-0.05, 0) is 61.0 Å². The molecule has 0 aliphatic carbocycles.